The Morgan fingerprint density at radius 1 is 1.03 bits per heavy atom. The van der Waals surface area contributed by atoms with Crippen molar-refractivity contribution in [1.29, 1.82) is 0 Å². The third kappa shape index (κ3) is 3.27. The van der Waals surface area contributed by atoms with E-state index in [1.165, 1.54) is 15.7 Å². The first-order chi connectivity index (χ1) is 13.4. The van der Waals surface area contributed by atoms with Gasteiger partial charge in [-0.2, -0.15) is 22.4 Å². The molecule has 3 aromatic heterocycles. The summed E-state index contributed by atoms with van der Waals surface area (Å²) >= 11 is 0. The molecule has 0 atom stereocenters. The van der Waals surface area contributed by atoms with Gasteiger partial charge in [0.1, 0.15) is 12.4 Å². The van der Waals surface area contributed by atoms with Crippen LogP contribution in [0.4, 0.5) is 23.4 Å². The minimum Gasteiger partial charge on any atom is -0.342 e. The molecule has 0 unspecified atom stereocenters. The van der Waals surface area contributed by atoms with Crippen LogP contribution in [0.15, 0.2) is 6.20 Å². The van der Waals surface area contributed by atoms with Gasteiger partial charge in [-0.15, -0.1) is 15.3 Å². The Morgan fingerprint density at radius 3 is 2.24 bits per heavy atom. The van der Waals surface area contributed by atoms with Gasteiger partial charge in [-0.3, -0.25) is 4.68 Å². The number of halogens is 4. The molecule has 0 amide bonds. The first kappa shape index (κ1) is 19.5. The molecule has 13 heteroatoms. The number of aromatic nitrogens is 8. The molecule has 29 heavy (non-hydrogen) atoms. The molecule has 156 valence electrons. The van der Waals surface area contributed by atoms with Crippen molar-refractivity contribution in [1.82, 2.24) is 40.0 Å². The van der Waals surface area contributed by atoms with Crippen molar-refractivity contribution < 1.29 is 17.6 Å². The van der Waals surface area contributed by atoms with E-state index < -0.39 is 30.3 Å². The third-order valence-corrected chi connectivity index (χ3v) is 4.67. The van der Waals surface area contributed by atoms with Gasteiger partial charge in [-0.1, -0.05) is 26.0 Å². The van der Waals surface area contributed by atoms with Crippen LogP contribution < -0.4 is 4.90 Å². The molecule has 1 saturated heterocycles. The standard InChI is InChI=1S/C16H19F4N9/c1-14(2,3)13-22-11-10(24-29(25-11)6-9-5-21-26-27(9)4)12(23-13)28-7-15(17,18)16(19,20)8-28/h5H,6-8H2,1-4H3. The zero-order chi connectivity index (χ0) is 21.2. The molecular weight excluding hydrogens is 394 g/mol. The second kappa shape index (κ2) is 6.07. The van der Waals surface area contributed by atoms with E-state index in [0.29, 0.717) is 11.5 Å². The van der Waals surface area contributed by atoms with Crippen molar-refractivity contribution in [2.45, 2.75) is 44.6 Å². The highest BCUT2D eigenvalue weighted by Crippen LogP contribution is 2.43. The van der Waals surface area contributed by atoms with Gasteiger partial charge in [0.05, 0.1) is 25.0 Å². The van der Waals surface area contributed by atoms with E-state index in [2.05, 4.69) is 30.5 Å². The van der Waals surface area contributed by atoms with E-state index in [0.717, 1.165) is 4.90 Å². The Kier molecular flexibility index (Phi) is 4.07. The Labute approximate surface area is 162 Å². The van der Waals surface area contributed by atoms with E-state index in [9.17, 15) is 17.6 Å². The predicted molar refractivity (Wildman–Crippen MR) is 94.0 cm³/mol. The summed E-state index contributed by atoms with van der Waals surface area (Å²) in [6.45, 7) is 3.36. The lowest BCUT2D eigenvalue weighted by Gasteiger charge is -2.21. The Bertz CT molecular complexity index is 1050. The highest BCUT2D eigenvalue weighted by Gasteiger charge is 2.63. The van der Waals surface area contributed by atoms with Gasteiger partial charge in [0.25, 0.3) is 0 Å². The van der Waals surface area contributed by atoms with Crippen molar-refractivity contribution in [2.24, 2.45) is 7.05 Å². The van der Waals surface area contributed by atoms with Gasteiger partial charge in [0, 0.05) is 12.5 Å². The molecule has 0 N–H and O–H groups in total. The highest BCUT2D eigenvalue weighted by atomic mass is 19.3. The van der Waals surface area contributed by atoms with Crippen LogP contribution in [0.1, 0.15) is 32.3 Å². The zero-order valence-corrected chi connectivity index (χ0v) is 16.2. The quantitative estimate of drug-likeness (QED) is 0.605. The van der Waals surface area contributed by atoms with Gasteiger partial charge < -0.3 is 4.90 Å². The average molecular weight is 413 g/mol. The Balaban J connectivity index is 1.82. The van der Waals surface area contributed by atoms with Gasteiger partial charge in [-0.05, 0) is 0 Å². The molecule has 9 nitrogen and oxygen atoms in total. The minimum atomic E-state index is -4.16. The van der Waals surface area contributed by atoms with E-state index >= 15 is 0 Å². The largest absolute Gasteiger partial charge is 0.342 e. The number of aryl methyl sites for hydroxylation is 1. The first-order valence-corrected chi connectivity index (χ1v) is 8.85. The fourth-order valence-electron chi connectivity index (χ4n) is 2.98. The van der Waals surface area contributed by atoms with Crippen molar-refractivity contribution in [3.05, 3.63) is 17.7 Å². The molecule has 0 saturated carbocycles. The summed E-state index contributed by atoms with van der Waals surface area (Å²) in [5.41, 5.74) is 0.369. The number of alkyl halides is 4. The van der Waals surface area contributed by atoms with Crippen LogP contribution in [0.2, 0.25) is 0 Å². The molecule has 0 spiro atoms. The second-order valence-electron chi connectivity index (χ2n) is 8.14. The summed E-state index contributed by atoms with van der Waals surface area (Å²) in [5.74, 6) is -8.11. The number of hydrogen-bond acceptors (Lipinski definition) is 7. The number of anilines is 1. The molecule has 4 rings (SSSR count). The van der Waals surface area contributed by atoms with Crippen LogP contribution in [0.25, 0.3) is 11.2 Å². The molecule has 1 aliphatic heterocycles. The Morgan fingerprint density at radius 2 is 1.69 bits per heavy atom. The number of fused-ring (bicyclic) bond motifs is 1. The smallest absolute Gasteiger partial charge is 0.329 e. The lowest BCUT2D eigenvalue weighted by atomic mass is 9.96. The summed E-state index contributed by atoms with van der Waals surface area (Å²) in [5, 5.41) is 16.2. The maximum atomic E-state index is 13.8. The third-order valence-electron chi connectivity index (χ3n) is 4.67. The lowest BCUT2D eigenvalue weighted by molar-refractivity contribution is -0.172. The van der Waals surface area contributed by atoms with Crippen LogP contribution in [0, 0.1) is 0 Å². The normalized spacial score (nSPS) is 18.7. The lowest BCUT2D eigenvalue weighted by Crippen LogP contribution is -2.38. The van der Waals surface area contributed by atoms with E-state index in [4.69, 9.17) is 0 Å². The van der Waals surface area contributed by atoms with E-state index in [-0.39, 0.29) is 23.5 Å². The average Bonchev–Trinajstić information content (AvgIpc) is 3.23. The van der Waals surface area contributed by atoms with Crippen LogP contribution in [-0.4, -0.2) is 64.9 Å². The molecule has 1 aliphatic rings. The van der Waals surface area contributed by atoms with Gasteiger partial charge >= 0.3 is 11.8 Å². The zero-order valence-electron chi connectivity index (χ0n) is 16.2. The Hall–Kier alpha value is -2.86. The first-order valence-electron chi connectivity index (χ1n) is 8.85. The fourth-order valence-corrected chi connectivity index (χ4v) is 2.98. The van der Waals surface area contributed by atoms with Gasteiger partial charge in [0.15, 0.2) is 11.3 Å². The molecule has 1 fully saturated rings. The summed E-state index contributed by atoms with van der Waals surface area (Å²) in [7, 11) is 1.70. The summed E-state index contributed by atoms with van der Waals surface area (Å²) in [4.78, 5) is 10.8. The van der Waals surface area contributed by atoms with Gasteiger partial charge in [-0.25, -0.2) is 9.97 Å². The molecule has 0 radical (unpaired) electrons. The molecule has 0 aromatic carbocycles. The maximum absolute atomic E-state index is 13.8. The molecule has 0 aliphatic carbocycles. The topological polar surface area (TPSA) is 90.4 Å². The highest BCUT2D eigenvalue weighted by molar-refractivity contribution is 5.83. The molecule has 0 bridgehead atoms. The van der Waals surface area contributed by atoms with Crippen molar-refractivity contribution in [2.75, 3.05) is 18.0 Å². The van der Waals surface area contributed by atoms with Gasteiger partial charge in [0.2, 0.25) is 5.65 Å². The summed E-state index contributed by atoms with van der Waals surface area (Å²) in [6.07, 6.45) is 1.53. The van der Waals surface area contributed by atoms with Crippen molar-refractivity contribution in [3.8, 4) is 0 Å². The second-order valence-corrected chi connectivity index (χ2v) is 8.14. The SMILES string of the molecule is Cn1nncc1Cn1nc2nc(C(C)(C)C)nc(N3CC(F)(F)C(F)(F)C3)c2n1. The van der Waals surface area contributed by atoms with Crippen LogP contribution in [-0.2, 0) is 19.0 Å². The van der Waals surface area contributed by atoms with E-state index in [1.54, 1.807) is 7.05 Å². The fraction of sp³-hybridized carbons (Fsp3) is 0.625. The maximum Gasteiger partial charge on any atom is 0.329 e. The minimum absolute atomic E-state index is 0.0776. The summed E-state index contributed by atoms with van der Waals surface area (Å²) < 4.78 is 56.7. The van der Waals surface area contributed by atoms with Crippen LogP contribution in [0.5, 0.6) is 0 Å². The number of nitrogens with zero attached hydrogens (tertiary/aromatic N) is 9. The number of rotatable bonds is 3. The molecule has 4 heterocycles. The molecular formula is C16H19F4N9. The van der Waals surface area contributed by atoms with E-state index in [1.807, 2.05) is 20.8 Å². The monoisotopic (exact) mass is 413 g/mol. The number of hydrogen-bond donors (Lipinski definition) is 0. The van der Waals surface area contributed by atoms with Crippen molar-refractivity contribution >= 4 is 17.0 Å². The molecule has 3 aromatic rings. The van der Waals surface area contributed by atoms with Crippen molar-refractivity contribution in [3.63, 3.8) is 0 Å². The van der Waals surface area contributed by atoms with Crippen LogP contribution >= 0.6 is 0 Å². The van der Waals surface area contributed by atoms with Crippen LogP contribution in [0.3, 0.4) is 0 Å². The summed E-state index contributed by atoms with van der Waals surface area (Å²) in [6, 6.07) is 0. The predicted octanol–water partition coefficient (Wildman–Crippen LogP) is 1.79.